The number of amides is 1. The van der Waals surface area contributed by atoms with Crippen LogP contribution in [0.15, 0.2) is 18.2 Å². The number of hydrogen-bond donors (Lipinski definition) is 1. The maximum absolute atomic E-state index is 12.4. The molecular weight excluding hydrogens is 224 g/mol. The molecule has 1 N–H and O–H groups in total. The van der Waals surface area contributed by atoms with Crippen molar-refractivity contribution in [3.8, 4) is 0 Å². The summed E-state index contributed by atoms with van der Waals surface area (Å²) in [6, 6.07) is 6.14. The molecule has 1 saturated heterocycles. The van der Waals surface area contributed by atoms with Crippen molar-refractivity contribution in [1.82, 2.24) is 10.2 Å². The lowest BCUT2D eigenvalue weighted by Crippen LogP contribution is -2.28. The van der Waals surface area contributed by atoms with E-state index in [2.05, 4.69) is 24.4 Å². The molecule has 0 spiro atoms. The third kappa shape index (κ3) is 2.03. The molecule has 0 bridgehead atoms. The highest BCUT2D eigenvalue weighted by molar-refractivity contribution is 5.94. The molecule has 1 amide bonds. The minimum Gasteiger partial charge on any atom is -0.338 e. The summed E-state index contributed by atoms with van der Waals surface area (Å²) < 4.78 is 0. The number of nitrogens with one attached hydrogen (secondary N) is 1. The average Bonchev–Trinajstić information content (AvgIpc) is 3.05. The Balaban J connectivity index is 1.77. The van der Waals surface area contributed by atoms with E-state index in [0.29, 0.717) is 5.92 Å². The molecule has 3 rings (SSSR count). The van der Waals surface area contributed by atoms with E-state index in [1.807, 2.05) is 11.0 Å². The van der Waals surface area contributed by atoms with Gasteiger partial charge in [0.25, 0.3) is 5.91 Å². The zero-order valence-electron chi connectivity index (χ0n) is 10.9. The molecule has 0 aromatic heterocycles. The zero-order valence-corrected chi connectivity index (χ0v) is 10.9. The third-order valence-electron chi connectivity index (χ3n) is 4.23. The Morgan fingerprint density at radius 1 is 1.39 bits per heavy atom. The Morgan fingerprint density at radius 3 is 3.00 bits per heavy atom. The van der Waals surface area contributed by atoms with Gasteiger partial charge in [-0.25, -0.2) is 0 Å². The molecule has 3 heteroatoms. The fraction of sp³-hybridized carbons (Fsp3) is 0.533. The van der Waals surface area contributed by atoms with E-state index in [1.165, 1.54) is 17.5 Å². The maximum Gasteiger partial charge on any atom is 0.253 e. The molecule has 1 unspecified atom stereocenters. The first-order valence-corrected chi connectivity index (χ1v) is 6.89. The van der Waals surface area contributed by atoms with Crippen LogP contribution in [0.5, 0.6) is 0 Å². The third-order valence-corrected chi connectivity index (χ3v) is 4.23. The van der Waals surface area contributed by atoms with Gasteiger partial charge in [-0.3, -0.25) is 4.79 Å². The van der Waals surface area contributed by atoms with Crippen molar-refractivity contribution in [3.05, 3.63) is 34.9 Å². The van der Waals surface area contributed by atoms with E-state index < -0.39 is 0 Å². The van der Waals surface area contributed by atoms with Gasteiger partial charge in [-0.15, -0.1) is 0 Å². The van der Waals surface area contributed by atoms with Crippen LogP contribution in [0.4, 0.5) is 0 Å². The molecule has 0 radical (unpaired) electrons. The number of carbonyl (C=O) groups is 1. The Hall–Kier alpha value is -1.35. The van der Waals surface area contributed by atoms with Crippen LogP contribution >= 0.6 is 0 Å². The molecule has 1 aromatic carbocycles. The highest BCUT2D eigenvalue weighted by Gasteiger charge is 2.26. The lowest BCUT2D eigenvalue weighted by Gasteiger charge is -2.16. The second-order valence-corrected chi connectivity index (χ2v) is 5.40. The van der Waals surface area contributed by atoms with Crippen LogP contribution in [0.25, 0.3) is 0 Å². The van der Waals surface area contributed by atoms with Crippen LogP contribution in [-0.4, -0.2) is 23.9 Å². The Labute approximate surface area is 108 Å². The summed E-state index contributed by atoms with van der Waals surface area (Å²) in [5.74, 6) is 0.908. The van der Waals surface area contributed by atoms with Crippen LogP contribution in [0.2, 0.25) is 0 Å². The van der Waals surface area contributed by atoms with Crippen LogP contribution in [0.3, 0.4) is 0 Å². The molecule has 0 aliphatic carbocycles. The first-order valence-electron chi connectivity index (χ1n) is 6.89. The van der Waals surface area contributed by atoms with Gasteiger partial charge >= 0.3 is 0 Å². The molecule has 1 atom stereocenters. The smallest absolute Gasteiger partial charge is 0.253 e. The van der Waals surface area contributed by atoms with E-state index in [4.69, 9.17) is 0 Å². The fourth-order valence-corrected chi connectivity index (χ4v) is 2.96. The van der Waals surface area contributed by atoms with Crippen molar-refractivity contribution in [2.75, 3.05) is 13.1 Å². The number of nitrogens with zero attached hydrogens (tertiary/aromatic N) is 1. The summed E-state index contributed by atoms with van der Waals surface area (Å²) in [5, 5.41) is 3.31. The first kappa shape index (κ1) is 11.7. The van der Waals surface area contributed by atoms with Crippen molar-refractivity contribution < 1.29 is 4.79 Å². The quantitative estimate of drug-likeness (QED) is 0.864. The minimum absolute atomic E-state index is 0.209. The lowest BCUT2D eigenvalue weighted by atomic mass is 10.1. The van der Waals surface area contributed by atoms with E-state index in [1.54, 1.807) is 0 Å². The highest BCUT2D eigenvalue weighted by Crippen LogP contribution is 2.23. The number of rotatable bonds is 2. The van der Waals surface area contributed by atoms with Gasteiger partial charge < -0.3 is 10.2 Å². The van der Waals surface area contributed by atoms with Crippen LogP contribution < -0.4 is 5.32 Å². The largest absolute Gasteiger partial charge is 0.338 e. The SMILES string of the molecule is CCC1CCN(C(=O)c2ccc3c(c2)CNC3)C1. The predicted molar refractivity (Wildman–Crippen MR) is 71.3 cm³/mol. The predicted octanol–water partition coefficient (Wildman–Crippen LogP) is 2.16. The summed E-state index contributed by atoms with van der Waals surface area (Å²) >= 11 is 0. The normalized spacial score (nSPS) is 22.3. The summed E-state index contributed by atoms with van der Waals surface area (Å²) in [4.78, 5) is 14.4. The fourth-order valence-electron chi connectivity index (χ4n) is 2.96. The van der Waals surface area contributed by atoms with Gasteiger partial charge in [0.05, 0.1) is 0 Å². The monoisotopic (exact) mass is 244 g/mol. The van der Waals surface area contributed by atoms with Gasteiger partial charge in [0.15, 0.2) is 0 Å². The summed E-state index contributed by atoms with van der Waals surface area (Å²) in [7, 11) is 0. The van der Waals surface area contributed by atoms with E-state index in [-0.39, 0.29) is 5.91 Å². The topological polar surface area (TPSA) is 32.3 Å². The molecule has 1 aromatic rings. The molecule has 2 heterocycles. The molecule has 2 aliphatic rings. The van der Waals surface area contributed by atoms with E-state index in [9.17, 15) is 4.79 Å². The zero-order chi connectivity index (χ0) is 12.5. The lowest BCUT2D eigenvalue weighted by molar-refractivity contribution is 0.0787. The van der Waals surface area contributed by atoms with Gasteiger partial charge in [0, 0.05) is 31.7 Å². The van der Waals surface area contributed by atoms with Crippen molar-refractivity contribution in [1.29, 1.82) is 0 Å². The second kappa shape index (κ2) is 4.73. The summed E-state index contributed by atoms with van der Waals surface area (Å²) in [6.07, 6.45) is 2.34. The van der Waals surface area contributed by atoms with Crippen molar-refractivity contribution in [2.24, 2.45) is 5.92 Å². The average molecular weight is 244 g/mol. The second-order valence-electron chi connectivity index (χ2n) is 5.40. The molecule has 2 aliphatic heterocycles. The van der Waals surface area contributed by atoms with Crippen LogP contribution in [-0.2, 0) is 13.1 Å². The van der Waals surface area contributed by atoms with Crippen LogP contribution in [0.1, 0.15) is 41.3 Å². The van der Waals surface area contributed by atoms with Crippen molar-refractivity contribution >= 4 is 5.91 Å². The molecule has 18 heavy (non-hydrogen) atoms. The van der Waals surface area contributed by atoms with Gasteiger partial charge in [-0.2, -0.15) is 0 Å². The van der Waals surface area contributed by atoms with Gasteiger partial charge in [-0.1, -0.05) is 19.4 Å². The molecular formula is C15H20N2O. The Bertz CT molecular complexity index is 470. The number of carbonyl (C=O) groups excluding carboxylic acids is 1. The van der Waals surface area contributed by atoms with Crippen LogP contribution in [0, 0.1) is 5.92 Å². The van der Waals surface area contributed by atoms with Crippen molar-refractivity contribution in [3.63, 3.8) is 0 Å². The number of fused-ring (bicyclic) bond motifs is 1. The van der Waals surface area contributed by atoms with E-state index >= 15 is 0 Å². The highest BCUT2D eigenvalue weighted by atomic mass is 16.2. The molecule has 1 fully saturated rings. The van der Waals surface area contributed by atoms with E-state index in [0.717, 1.165) is 38.2 Å². The van der Waals surface area contributed by atoms with Gasteiger partial charge in [0.2, 0.25) is 0 Å². The molecule has 96 valence electrons. The molecule has 3 nitrogen and oxygen atoms in total. The summed E-state index contributed by atoms with van der Waals surface area (Å²) in [5.41, 5.74) is 3.47. The standard InChI is InChI=1S/C15H20N2O/c1-2-11-5-6-17(10-11)15(18)12-3-4-13-8-16-9-14(13)7-12/h3-4,7,11,16H,2,5-6,8-10H2,1H3. The number of likely N-dealkylation sites (tertiary alicyclic amines) is 1. The van der Waals surface area contributed by atoms with Gasteiger partial charge in [0.1, 0.15) is 0 Å². The van der Waals surface area contributed by atoms with Crippen molar-refractivity contribution in [2.45, 2.75) is 32.9 Å². The number of hydrogen-bond acceptors (Lipinski definition) is 2. The van der Waals surface area contributed by atoms with Gasteiger partial charge in [-0.05, 0) is 35.6 Å². The maximum atomic E-state index is 12.4. The Kier molecular flexibility index (Phi) is 3.08. The minimum atomic E-state index is 0.209. The number of benzene rings is 1. The molecule has 0 saturated carbocycles. The Morgan fingerprint density at radius 2 is 2.22 bits per heavy atom. The summed E-state index contributed by atoms with van der Waals surface area (Å²) in [6.45, 7) is 5.90. The first-order chi connectivity index (χ1) is 8.78.